The van der Waals surface area contributed by atoms with Crippen LogP contribution in [0, 0.1) is 0 Å². The quantitative estimate of drug-likeness (QED) is 0.542. The molecule has 0 aliphatic heterocycles. The minimum Gasteiger partial charge on any atom is -0.343 e. The van der Waals surface area contributed by atoms with Gasteiger partial charge in [0, 0.05) is 13.0 Å². The van der Waals surface area contributed by atoms with Crippen molar-refractivity contribution in [2.75, 3.05) is 27.2 Å². The summed E-state index contributed by atoms with van der Waals surface area (Å²) in [5, 5.41) is 17.9. The lowest BCUT2D eigenvalue weighted by atomic mass is 10.4. The molecule has 68 valence electrons. The molecule has 0 saturated heterocycles. The Morgan fingerprint density at radius 1 is 1.36 bits per heavy atom. The summed E-state index contributed by atoms with van der Waals surface area (Å²) in [7, 11) is 3.79. The van der Waals surface area contributed by atoms with Crippen molar-refractivity contribution < 1.29 is 14.9 Å². The molecular formula is C7H17NO3. The van der Waals surface area contributed by atoms with Gasteiger partial charge in [-0.3, -0.25) is 0 Å². The first-order valence-corrected chi connectivity index (χ1v) is 3.71. The molecule has 0 amide bonds. The van der Waals surface area contributed by atoms with Crippen LogP contribution in [0.15, 0.2) is 0 Å². The highest BCUT2D eigenvalue weighted by Gasteiger charge is 2.20. The van der Waals surface area contributed by atoms with Crippen LogP contribution in [0.5, 0.6) is 0 Å². The van der Waals surface area contributed by atoms with Crippen molar-refractivity contribution in [2.24, 2.45) is 0 Å². The first-order valence-electron chi connectivity index (χ1n) is 3.71. The molecule has 0 saturated carbocycles. The van der Waals surface area contributed by atoms with Crippen molar-refractivity contribution in [2.45, 2.75) is 19.3 Å². The van der Waals surface area contributed by atoms with Crippen LogP contribution < -0.4 is 0 Å². The fraction of sp³-hybridized carbons (Fsp3) is 1.00. The van der Waals surface area contributed by atoms with Gasteiger partial charge in [0.25, 0.3) is 5.97 Å². The minimum atomic E-state index is -1.95. The smallest absolute Gasteiger partial charge is 0.277 e. The molecule has 0 unspecified atom stereocenters. The third kappa shape index (κ3) is 6.25. The molecule has 0 aromatic heterocycles. The number of hydrogen-bond acceptors (Lipinski definition) is 4. The Morgan fingerprint density at radius 2 is 1.91 bits per heavy atom. The van der Waals surface area contributed by atoms with Gasteiger partial charge < -0.3 is 19.8 Å². The molecule has 0 bridgehead atoms. The summed E-state index contributed by atoms with van der Waals surface area (Å²) in [5.41, 5.74) is 0. The summed E-state index contributed by atoms with van der Waals surface area (Å²) >= 11 is 0. The average molecular weight is 163 g/mol. The van der Waals surface area contributed by atoms with Crippen LogP contribution in [0.25, 0.3) is 0 Å². The van der Waals surface area contributed by atoms with E-state index in [0.717, 1.165) is 0 Å². The summed E-state index contributed by atoms with van der Waals surface area (Å²) in [6.07, 6.45) is 0.181. The largest absolute Gasteiger partial charge is 0.343 e. The number of hydrogen-bond donors (Lipinski definition) is 2. The average Bonchev–Trinajstić information content (AvgIpc) is 1.87. The summed E-state index contributed by atoms with van der Waals surface area (Å²) in [6, 6.07) is 0. The molecule has 0 aliphatic carbocycles. The third-order valence-corrected chi connectivity index (χ3v) is 1.33. The van der Waals surface area contributed by atoms with Crippen molar-refractivity contribution >= 4 is 0 Å². The van der Waals surface area contributed by atoms with E-state index in [1.165, 1.54) is 0 Å². The van der Waals surface area contributed by atoms with E-state index in [-0.39, 0.29) is 6.42 Å². The Balaban J connectivity index is 3.38. The van der Waals surface area contributed by atoms with Crippen LogP contribution in [-0.2, 0) is 4.74 Å². The number of nitrogens with zero attached hydrogens (tertiary/aromatic N) is 1. The van der Waals surface area contributed by atoms with E-state index in [0.29, 0.717) is 13.2 Å². The van der Waals surface area contributed by atoms with Gasteiger partial charge in [-0.1, -0.05) is 6.92 Å². The number of rotatable bonds is 5. The maximum absolute atomic E-state index is 8.95. The Hall–Kier alpha value is -0.160. The van der Waals surface area contributed by atoms with E-state index in [1.807, 2.05) is 19.0 Å². The van der Waals surface area contributed by atoms with Gasteiger partial charge in [0.05, 0.1) is 6.61 Å². The molecule has 0 radical (unpaired) electrons. The molecule has 0 aromatic rings. The summed E-state index contributed by atoms with van der Waals surface area (Å²) < 4.78 is 4.76. The third-order valence-electron chi connectivity index (χ3n) is 1.33. The second kappa shape index (κ2) is 4.66. The van der Waals surface area contributed by atoms with E-state index in [1.54, 1.807) is 6.92 Å². The van der Waals surface area contributed by atoms with Crippen LogP contribution in [0.1, 0.15) is 13.3 Å². The van der Waals surface area contributed by atoms with E-state index in [2.05, 4.69) is 0 Å². The number of aliphatic hydroxyl groups is 2. The van der Waals surface area contributed by atoms with Gasteiger partial charge >= 0.3 is 0 Å². The van der Waals surface area contributed by atoms with Crippen LogP contribution in [0.3, 0.4) is 0 Å². The monoisotopic (exact) mass is 163 g/mol. The van der Waals surface area contributed by atoms with Crippen LogP contribution in [-0.4, -0.2) is 48.3 Å². The molecule has 11 heavy (non-hydrogen) atoms. The zero-order valence-corrected chi connectivity index (χ0v) is 7.37. The number of ether oxygens (including phenoxy) is 1. The maximum atomic E-state index is 8.95. The summed E-state index contributed by atoms with van der Waals surface area (Å²) in [5.74, 6) is -1.95. The van der Waals surface area contributed by atoms with Gasteiger partial charge in [0.15, 0.2) is 0 Å². The van der Waals surface area contributed by atoms with Gasteiger partial charge in [-0.25, -0.2) is 0 Å². The van der Waals surface area contributed by atoms with Crippen LogP contribution in [0.2, 0.25) is 0 Å². The summed E-state index contributed by atoms with van der Waals surface area (Å²) in [6.45, 7) is 2.66. The topological polar surface area (TPSA) is 52.9 Å². The van der Waals surface area contributed by atoms with Gasteiger partial charge in [0.1, 0.15) is 0 Å². The van der Waals surface area contributed by atoms with Crippen molar-refractivity contribution in [3.05, 3.63) is 0 Å². The lowest BCUT2D eigenvalue weighted by Gasteiger charge is -2.20. The highest BCUT2D eigenvalue weighted by Crippen LogP contribution is 2.05. The van der Waals surface area contributed by atoms with Gasteiger partial charge in [-0.05, 0) is 14.1 Å². The fourth-order valence-electron chi connectivity index (χ4n) is 0.494. The van der Waals surface area contributed by atoms with Gasteiger partial charge in [-0.15, -0.1) is 0 Å². The standard InChI is InChI=1S/C7H17NO3/c1-4-7(9,10)11-6-5-8(2)3/h9-10H,4-6H2,1-3H3. The molecule has 0 fully saturated rings. The molecule has 0 aromatic carbocycles. The van der Waals surface area contributed by atoms with Crippen molar-refractivity contribution in [3.63, 3.8) is 0 Å². The molecule has 4 nitrogen and oxygen atoms in total. The second-order valence-corrected chi connectivity index (χ2v) is 2.75. The molecule has 0 heterocycles. The van der Waals surface area contributed by atoms with E-state index in [9.17, 15) is 0 Å². The Labute approximate surface area is 67.4 Å². The second-order valence-electron chi connectivity index (χ2n) is 2.75. The maximum Gasteiger partial charge on any atom is 0.277 e. The predicted molar refractivity (Wildman–Crippen MR) is 42.0 cm³/mol. The fourth-order valence-corrected chi connectivity index (χ4v) is 0.494. The Morgan fingerprint density at radius 3 is 2.27 bits per heavy atom. The molecule has 2 N–H and O–H groups in total. The molecule has 4 heteroatoms. The molecular weight excluding hydrogens is 146 g/mol. The predicted octanol–water partition coefficient (Wildman–Crippen LogP) is -0.387. The van der Waals surface area contributed by atoms with E-state index in [4.69, 9.17) is 14.9 Å². The zero-order chi connectivity index (χ0) is 8.91. The van der Waals surface area contributed by atoms with Gasteiger partial charge in [0.2, 0.25) is 0 Å². The molecule has 0 aliphatic rings. The lowest BCUT2D eigenvalue weighted by Crippen LogP contribution is -2.33. The van der Waals surface area contributed by atoms with Crippen molar-refractivity contribution in [1.29, 1.82) is 0 Å². The van der Waals surface area contributed by atoms with Crippen molar-refractivity contribution in [1.82, 2.24) is 4.90 Å². The minimum absolute atomic E-state index is 0.181. The highest BCUT2D eigenvalue weighted by molar-refractivity contribution is 4.47. The zero-order valence-electron chi connectivity index (χ0n) is 7.37. The first kappa shape index (κ1) is 10.8. The normalized spacial score (nSPS) is 12.5. The van der Waals surface area contributed by atoms with Crippen LogP contribution in [0.4, 0.5) is 0 Å². The molecule has 0 spiro atoms. The molecule has 0 rings (SSSR count). The Bertz CT molecular complexity index is 104. The van der Waals surface area contributed by atoms with E-state index >= 15 is 0 Å². The molecule has 0 atom stereocenters. The van der Waals surface area contributed by atoms with Crippen molar-refractivity contribution in [3.8, 4) is 0 Å². The first-order chi connectivity index (χ1) is 4.98. The lowest BCUT2D eigenvalue weighted by molar-refractivity contribution is -0.338. The van der Waals surface area contributed by atoms with Gasteiger partial charge in [-0.2, -0.15) is 0 Å². The summed E-state index contributed by atoms with van der Waals surface area (Å²) in [4.78, 5) is 1.91. The number of likely N-dealkylation sites (N-methyl/N-ethyl adjacent to an activating group) is 1. The highest BCUT2D eigenvalue weighted by atomic mass is 16.8. The SMILES string of the molecule is CCC(O)(O)OCCN(C)C. The van der Waals surface area contributed by atoms with Crippen LogP contribution >= 0.6 is 0 Å². The van der Waals surface area contributed by atoms with E-state index < -0.39 is 5.97 Å². The Kier molecular flexibility index (Phi) is 4.60.